The number of hydrogen-bond acceptors (Lipinski definition) is 7. The molecular formula is C32H29FN6O4. The van der Waals surface area contributed by atoms with E-state index in [1.807, 2.05) is 0 Å². The van der Waals surface area contributed by atoms with E-state index < -0.39 is 23.0 Å². The fourth-order valence-corrected chi connectivity index (χ4v) is 4.62. The molecule has 10 nitrogen and oxygen atoms in total. The van der Waals surface area contributed by atoms with Gasteiger partial charge in [-0.2, -0.15) is 4.98 Å². The summed E-state index contributed by atoms with van der Waals surface area (Å²) in [6, 6.07) is 20.7. The van der Waals surface area contributed by atoms with Crippen LogP contribution in [-0.4, -0.2) is 34.2 Å². The molecular weight excluding hydrogens is 551 g/mol. The Morgan fingerprint density at radius 3 is 2.19 bits per heavy atom. The van der Waals surface area contributed by atoms with E-state index in [9.17, 15) is 18.8 Å². The molecule has 3 amide bonds. The molecule has 43 heavy (non-hydrogen) atoms. The summed E-state index contributed by atoms with van der Waals surface area (Å²) in [5.74, 6) is -0.0515. The van der Waals surface area contributed by atoms with Gasteiger partial charge in [0.2, 0.25) is 23.6 Å². The van der Waals surface area contributed by atoms with Crippen molar-refractivity contribution in [3.05, 3.63) is 96.4 Å². The first-order chi connectivity index (χ1) is 20.8. The van der Waals surface area contributed by atoms with E-state index in [1.165, 1.54) is 42.0 Å². The zero-order valence-electron chi connectivity index (χ0n) is 23.1. The molecule has 6 rings (SSSR count). The van der Waals surface area contributed by atoms with Gasteiger partial charge in [0.05, 0.1) is 0 Å². The number of nitrogens with zero attached hydrogens (tertiary/aromatic N) is 3. The van der Waals surface area contributed by atoms with Crippen LogP contribution in [0.25, 0.3) is 0 Å². The van der Waals surface area contributed by atoms with Gasteiger partial charge in [-0.15, -0.1) is 0 Å². The Morgan fingerprint density at radius 2 is 1.58 bits per heavy atom. The maximum absolute atomic E-state index is 13.6. The minimum absolute atomic E-state index is 0.0961. The summed E-state index contributed by atoms with van der Waals surface area (Å²) in [7, 11) is 0. The highest BCUT2D eigenvalue weighted by Crippen LogP contribution is 2.49. The summed E-state index contributed by atoms with van der Waals surface area (Å²) in [5, 5.41) is 6.05. The van der Waals surface area contributed by atoms with E-state index in [2.05, 4.69) is 20.6 Å². The second kappa shape index (κ2) is 11.5. The lowest BCUT2D eigenvalue weighted by Gasteiger charge is -2.26. The van der Waals surface area contributed by atoms with E-state index in [1.54, 1.807) is 60.8 Å². The van der Waals surface area contributed by atoms with Crippen molar-refractivity contribution < 1.29 is 23.5 Å². The summed E-state index contributed by atoms with van der Waals surface area (Å²) in [5.41, 5.74) is 6.45. The van der Waals surface area contributed by atoms with Crippen LogP contribution in [0.5, 0.6) is 11.6 Å². The number of hydrogen-bond donors (Lipinski definition) is 3. The molecule has 0 atom stereocenters. The third-order valence-electron chi connectivity index (χ3n) is 7.52. The fraction of sp³-hybridized carbons (Fsp3) is 0.219. The number of carbonyl (C=O) groups is 3. The molecule has 0 bridgehead atoms. The van der Waals surface area contributed by atoms with Crippen molar-refractivity contribution in [3.8, 4) is 11.6 Å². The third kappa shape index (κ3) is 6.30. The third-order valence-corrected chi connectivity index (χ3v) is 7.52. The summed E-state index contributed by atoms with van der Waals surface area (Å²) in [4.78, 5) is 47.9. The van der Waals surface area contributed by atoms with Crippen molar-refractivity contribution in [1.29, 1.82) is 0 Å². The average Bonchev–Trinajstić information content (AvgIpc) is 3.94. The number of nitrogens with two attached hydrogens (primary N) is 1. The van der Waals surface area contributed by atoms with Crippen LogP contribution >= 0.6 is 0 Å². The maximum Gasteiger partial charge on any atom is 0.251 e. The maximum atomic E-state index is 13.6. The monoisotopic (exact) mass is 580 g/mol. The molecule has 2 aliphatic rings. The summed E-state index contributed by atoms with van der Waals surface area (Å²) >= 11 is 0. The molecule has 11 heteroatoms. The van der Waals surface area contributed by atoms with E-state index in [-0.39, 0.29) is 11.8 Å². The number of nitrogens with one attached hydrogen (secondary N) is 2. The minimum Gasteiger partial charge on any atom is -0.439 e. The van der Waals surface area contributed by atoms with Gasteiger partial charge < -0.3 is 21.1 Å². The summed E-state index contributed by atoms with van der Waals surface area (Å²) in [6.07, 6.45) is 4.63. The molecule has 0 spiro atoms. The Morgan fingerprint density at radius 1 is 0.930 bits per heavy atom. The molecule has 2 fully saturated rings. The van der Waals surface area contributed by atoms with Gasteiger partial charge in [0.25, 0.3) is 5.91 Å². The minimum atomic E-state index is -1.27. The van der Waals surface area contributed by atoms with Gasteiger partial charge in [0, 0.05) is 41.4 Å². The Hall–Kier alpha value is -5.32. The number of halogens is 1. The largest absolute Gasteiger partial charge is 0.439 e. The van der Waals surface area contributed by atoms with Crippen LogP contribution in [0, 0.1) is 17.2 Å². The highest BCUT2D eigenvalue weighted by atomic mass is 19.1. The van der Waals surface area contributed by atoms with Gasteiger partial charge in [0.1, 0.15) is 17.0 Å². The number of rotatable bonds is 11. The second-order valence-electron chi connectivity index (χ2n) is 10.7. The standard InChI is InChI=1S/C32H29FN6O4/c33-22-5-9-24(10-6-22)39(30(42)32(16-17-32)29(34)41)25-11-13-26(14-12-25)43-27-15-18-35-31(38-27)37-23-7-3-21(4-8-23)28(40)36-19-20-1-2-20/h3-15,18,20H,1-2,16-17,19H2,(H2,34,41)(H,36,40)(H,35,37,38). The molecule has 1 heterocycles. The van der Waals surface area contributed by atoms with Crippen molar-refractivity contribution in [1.82, 2.24) is 15.3 Å². The first-order valence-corrected chi connectivity index (χ1v) is 14.0. The lowest BCUT2D eigenvalue weighted by molar-refractivity contribution is -0.133. The number of aromatic nitrogens is 2. The highest BCUT2D eigenvalue weighted by Gasteiger charge is 2.57. The van der Waals surface area contributed by atoms with Crippen LogP contribution < -0.4 is 26.0 Å². The van der Waals surface area contributed by atoms with E-state index in [0.717, 1.165) is 0 Å². The number of benzene rings is 3. The normalized spacial score (nSPS) is 14.8. The lowest BCUT2D eigenvalue weighted by atomic mass is 10.0. The first-order valence-electron chi connectivity index (χ1n) is 14.0. The van der Waals surface area contributed by atoms with Crippen molar-refractivity contribution >= 4 is 40.7 Å². The molecule has 0 aliphatic heterocycles. The zero-order valence-corrected chi connectivity index (χ0v) is 23.1. The topological polar surface area (TPSA) is 140 Å². The van der Waals surface area contributed by atoms with Gasteiger partial charge in [-0.05, 0) is 104 Å². The van der Waals surface area contributed by atoms with Crippen LogP contribution in [0.15, 0.2) is 85.1 Å². The number of primary amides is 1. The van der Waals surface area contributed by atoms with E-state index in [0.29, 0.717) is 59.6 Å². The number of anilines is 4. The molecule has 1 aromatic heterocycles. The van der Waals surface area contributed by atoms with Crippen LogP contribution in [0.1, 0.15) is 36.0 Å². The van der Waals surface area contributed by atoms with Crippen LogP contribution in [0.2, 0.25) is 0 Å². The molecule has 0 radical (unpaired) electrons. The van der Waals surface area contributed by atoms with E-state index in [4.69, 9.17) is 10.5 Å². The molecule has 4 N–H and O–H groups in total. The molecule has 2 aliphatic carbocycles. The Balaban J connectivity index is 1.14. The Bertz CT molecular complexity index is 1650. The van der Waals surface area contributed by atoms with Crippen molar-refractivity contribution in [3.63, 3.8) is 0 Å². The smallest absolute Gasteiger partial charge is 0.251 e. The fourth-order valence-electron chi connectivity index (χ4n) is 4.62. The average molecular weight is 581 g/mol. The Kier molecular flexibility index (Phi) is 7.45. The summed E-state index contributed by atoms with van der Waals surface area (Å²) < 4.78 is 19.5. The second-order valence-corrected chi connectivity index (χ2v) is 10.7. The molecule has 4 aromatic rings. The van der Waals surface area contributed by atoms with Gasteiger partial charge in [-0.25, -0.2) is 9.37 Å². The van der Waals surface area contributed by atoms with Gasteiger partial charge >= 0.3 is 0 Å². The van der Waals surface area contributed by atoms with E-state index >= 15 is 0 Å². The van der Waals surface area contributed by atoms with Crippen molar-refractivity contribution in [2.45, 2.75) is 25.7 Å². The highest BCUT2D eigenvalue weighted by molar-refractivity contribution is 6.16. The van der Waals surface area contributed by atoms with Crippen LogP contribution in [-0.2, 0) is 9.59 Å². The molecule has 0 saturated heterocycles. The van der Waals surface area contributed by atoms with Crippen LogP contribution in [0.4, 0.5) is 27.4 Å². The SMILES string of the molecule is NC(=O)C1(C(=O)N(c2ccc(F)cc2)c2ccc(Oc3ccnc(Nc4ccc(C(=O)NCC5CC5)cc4)n3)cc2)CC1. The molecule has 218 valence electrons. The predicted molar refractivity (Wildman–Crippen MR) is 158 cm³/mol. The molecule has 0 unspecified atom stereocenters. The molecule has 2 saturated carbocycles. The Labute approximate surface area is 247 Å². The van der Waals surface area contributed by atoms with Crippen molar-refractivity contribution in [2.75, 3.05) is 16.8 Å². The van der Waals surface area contributed by atoms with Crippen LogP contribution in [0.3, 0.4) is 0 Å². The molecule has 3 aromatic carbocycles. The number of amides is 3. The van der Waals surface area contributed by atoms with Gasteiger partial charge in [0.15, 0.2) is 0 Å². The quantitative estimate of drug-likeness (QED) is 0.207. The summed E-state index contributed by atoms with van der Waals surface area (Å²) in [6.45, 7) is 0.711. The van der Waals surface area contributed by atoms with Gasteiger partial charge in [-0.1, -0.05) is 0 Å². The zero-order chi connectivity index (χ0) is 30.0. The first kappa shape index (κ1) is 27.8. The van der Waals surface area contributed by atoms with Gasteiger partial charge in [-0.3, -0.25) is 19.3 Å². The van der Waals surface area contributed by atoms with Crippen molar-refractivity contribution in [2.24, 2.45) is 17.1 Å². The number of carbonyl (C=O) groups excluding carboxylic acids is 3. The predicted octanol–water partition coefficient (Wildman–Crippen LogP) is 5.22. The number of ether oxygens (including phenoxy) is 1. The lowest BCUT2D eigenvalue weighted by Crippen LogP contribution is -2.41.